The van der Waals surface area contributed by atoms with Crippen molar-refractivity contribution in [3.63, 3.8) is 0 Å². The van der Waals surface area contributed by atoms with E-state index >= 15 is 0 Å². The summed E-state index contributed by atoms with van der Waals surface area (Å²) >= 11 is 0. The monoisotopic (exact) mass is 592 g/mol. The van der Waals surface area contributed by atoms with Crippen LogP contribution in [0, 0.1) is 12.1 Å². The molecule has 1 fully saturated rings. The maximum absolute atomic E-state index is 6.44. The highest BCUT2D eigenvalue weighted by molar-refractivity contribution is 6.62. The average Bonchev–Trinajstić information content (AvgIpc) is 3.61. The van der Waals surface area contributed by atoms with Gasteiger partial charge in [-0.05, 0) is 89.3 Å². The molecule has 0 radical (unpaired) electrons. The standard InChI is InChI=1S/C36H33BN2O2.C4H8/c1-34(2)28-15-11-12-16-31(28)39-30-20-18-25-26-21-23(37-40-35(3,4)36(5,6)41-37)17-19-29(26)38(24-13-9-7-8-10-14-24)33(25)27(30)22-32(34)39;1-3-4-2/h7-9,11-17,19,21-22H,10H2,1-6H3;3-4H,1-2H3/b;4-3-. The summed E-state index contributed by atoms with van der Waals surface area (Å²) in [4.78, 5) is 0. The van der Waals surface area contributed by atoms with Crippen LogP contribution in [-0.4, -0.2) is 27.5 Å². The predicted octanol–water partition coefficient (Wildman–Crippen LogP) is 9.22. The van der Waals surface area contributed by atoms with Crippen LogP contribution >= 0.6 is 0 Å². The van der Waals surface area contributed by atoms with E-state index in [1.54, 1.807) is 0 Å². The number of rotatable bonds is 2. The third-order valence-electron chi connectivity index (χ3n) is 10.1. The SMILES string of the molecule is C/C=C\C.CC1(C)c2ccccc2-n2c1cc1c2c#cc2c3cc(B4OC(C)(C)C(C)(C)O4)ccc3n(C3=CCC=CC=C3)c21. The first-order valence-electron chi connectivity index (χ1n) is 16.0. The van der Waals surface area contributed by atoms with Gasteiger partial charge in [0.25, 0.3) is 0 Å². The zero-order valence-electron chi connectivity index (χ0n) is 27.7. The molecule has 3 aromatic carbocycles. The molecule has 0 bridgehead atoms. The fraction of sp³-hybridized carbons (Fsp3) is 0.300. The Hall–Kier alpha value is -4.24. The van der Waals surface area contributed by atoms with Crippen molar-refractivity contribution in [2.75, 3.05) is 0 Å². The van der Waals surface area contributed by atoms with Crippen LogP contribution in [0.3, 0.4) is 0 Å². The normalized spacial score (nSPS) is 19.0. The van der Waals surface area contributed by atoms with Crippen molar-refractivity contribution in [1.29, 1.82) is 0 Å². The number of hydrogen-bond donors (Lipinski definition) is 0. The molecule has 0 amide bonds. The third kappa shape index (κ3) is 4.38. The molecule has 3 aliphatic rings. The highest BCUT2D eigenvalue weighted by Crippen LogP contribution is 2.47. The summed E-state index contributed by atoms with van der Waals surface area (Å²) in [5.41, 5.74) is 8.50. The van der Waals surface area contributed by atoms with Crippen LogP contribution in [0.15, 0.2) is 91.1 Å². The Morgan fingerprint density at radius 3 is 2.29 bits per heavy atom. The summed E-state index contributed by atoms with van der Waals surface area (Å²) in [6.45, 7) is 17.0. The van der Waals surface area contributed by atoms with Gasteiger partial charge in [-0.2, -0.15) is 0 Å². The zero-order chi connectivity index (χ0) is 31.7. The number of fused-ring (bicyclic) bond motifs is 9. The largest absolute Gasteiger partial charge is 0.494 e. The summed E-state index contributed by atoms with van der Waals surface area (Å²) in [7, 11) is -0.424. The van der Waals surface area contributed by atoms with Gasteiger partial charge in [-0.1, -0.05) is 86.7 Å². The molecule has 0 unspecified atom stereocenters. The first-order valence-corrected chi connectivity index (χ1v) is 16.0. The first kappa shape index (κ1) is 29.5. The number of allylic oxidation sites excluding steroid dienone is 8. The highest BCUT2D eigenvalue weighted by Gasteiger charge is 2.51. The van der Waals surface area contributed by atoms with Gasteiger partial charge < -0.3 is 18.4 Å². The molecule has 1 saturated heterocycles. The Balaban J connectivity index is 0.000000770. The van der Waals surface area contributed by atoms with E-state index in [9.17, 15) is 0 Å². The van der Waals surface area contributed by atoms with Gasteiger partial charge in [0.2, 0.25) is 0 Å². The Labute approximate surface area is 267 Å². The van der Waals surface area contributed by atoms with Crippen molar-refractivity contribution in [2.24, 2.45) is 0 Å². The molecular weight excluding hydrogens is 551 g/mol. The summed E-state index contributed by atoms with van der Waals surface area (Å²) in [5, 5.41) is 3.38. The van der Waals surface area contributed by atoms with Crippen LogP contribution < -0.4 is 5.46 Å². The van der Waals surface area contributed by atoms with Gasteiger partial charge in [0.1, 0.15) is 5.52 Å². The van der Waals surface area contributed by atoms with Gasteiger partial charge in [0.15, 0.2) is 0 Å². The lowest BCUT2D eigenvalue weighted by Crippen LogP contribution is -2.41. The molecule has 0 atom stereocenters. The lowest BCUT2D eigenvalue weighted by molar-refractivity contribution is 0.00578. The maximum atomic E-state index is 6.44. The minimum Gasteiger partial charge on any atom is -0.399 e. The number of hydrogen-bond acceptors (Lipinski definition) is 2. The van der Waals surface area contributed by atoms with E-state index in [1.807, 2.05) is 26.0 Å². The summed E-state index contributed by atoms with van der Waals surface area (Å²) < 4.78 is 17.7. The van der Waals surface area contributed by atoms with Crippen molar-refractivity contribution in [2.45, 2.75) is 78.4 Å². The summed E-state index contributed by atoms with van der Waals surface area (Å²) in [6, 6.07) is 24.9. The lowest BCUT2D eigenvalue weighted by atomic mass is 9.78. The Morgan fingerprint density at radius 2 is 1.56 bits per heavy atom. The maximum Gasteiger partial charge on any atom is 0.494 e. The summed E-state index contributed by atoms with van der Waals surface area (Å²) in [5.74, 6) is 0. The van der Waals surface area contributed by atoms with E-state index < -0.39 is 18.3 Å². The van der Waals surface area contributed by atoms with E-state index in [0.29, 0.717) is 0 Å². The van der Waals surface area contributed by atoms with E-state index in [4.69, 9.17) is 9.31 Å². The minimum atomic E-state index is -0.424. The molecule has 1 aliphatic carbocycles. The van der Waals surface area contributed by atoms with Gasteiger partial charge in [-0.3, -0.25) is 0 Å². The van der Waals surface area contributed by atoms with Crippen molar-refractivity contribution in [3.8, 4) is 5.69 Å². The molecule has 5 heteroatoms. The van der Waals surface area contributed by atoms with Crippen LogP contribution in [0.1, 0.15) is 73.1 Å². The van der Waals surface area contributed by atoms with E-state index in [0.717, 1.165) is 44.9 Å². The smallest absolute Gasteiger partial charge is 0.399 e. The van der Waals surface area contributed by atoms with Crippen molar-refractivity contribution < 1.29 is 9.31 Å². The molecule has 0 spiro atoms. The topological polar surface area (TPSA) is 28.3 Å². The lowest BCUT2D eigenvalue weighted by Gasteiger charge is -2.32. The van der Waals surface area contributed by atoms with Gasteiger partial charge in [-0.15, -0.1) is 0 Å². The van der Waals surface area contributed by atoms with Crippen molar-refractivity contribution in [3.05, 3.63) is 114 Å². The fourth-order valence-corrected chi connectivity index (χ4v) is 6.80. The fourth-order valence-electron chi connectivity index (χ4n) is 6.80. The second-order valence-corrected chi connectivity index (χ2v) is 13.8. The number of nitrogens with zero attached hydrogens (tertiary/aromatic N) is 2. The molecule has 45 heavy (non-hydrogen) atoms. The first-order chi connectivity index (χ1) is 21.5. The summed E-state index contributed by atoms with van der Waals surface area (Å²) in [6.07, 6.45) is 15.8. The van der Waals surface area contributed by atoms with Gasteiger partial charge in [-0.25, -0.2) is 0 Å². The molecule has 2 aliphatic heterocycles. The zero-order valence-corrected chi connectivity index (χ0v) is 27.7. The minimum absolute atomic E-state index is 0.109. The Kier molecular flexibility index (Phi) is 6.82. The predicted molar refractivity (Wildman–Crippen MR) is 189 cm³/mol. The van der Waals surface area contributed by atoms with Crippen molar-refractivity contribution >= 4 is 51.0 Å². The molecule has 5 aromatic rings. The molecule has 226 valence electrons. The van der Waals surface area contributed by atoms with Crippen LogP contribution in [0.2, 0.25) is 0 Å². The Bertz CT molecular complexity index is 2080. The number of benzene rings is 2. The van der Waals surface area contributed by atoms with E-state index in [2.05, 4.69) is 142 Å². The molecular formula is C40H41BN2O2. The quantitative estimate of drug-likeness (QED) is 0.151. The average molecular weight is 593 g/mol. The second-order valence-electron chi connectivity index (χ2n) is 13.8. The molecule has 2 aromatic heterocycles. The van der Waals surface area contributed by atoms with Gasteiger partial charge in [0.05, 0.1) is 33.3 Å². The van der Waals surface area contributed by atoms with E-state index in [1.165, 1.54) is 22.3 Å². The number of para-hydroxylation sites is 1. The molecule has 0 saturated carbocycles. The second kappa shape index (κ2) is 10.4. The van der Waals surface area contributed by atoms with Gasteiger partial charge >= 0.3 is 7.12 Å². The molecule has 0 N–H and O–H groups in total. The van der Waals surface area contributed by atoms with Crippen LogP contribution in [0.4, 0.5) is 0 Å². The van der Waals surface area contributed by atoms with Crippen LogP contribution in [0.25, 0.3) is 44.1 Å². The molecule has 4 nitrogen and oxygen atoms in total. The molecule has 4 heterocycles. The van der Waals surface area contributed by atoms with Crippen LogP contribution in [0.5, 0.6) is 0 Å². The van der Waals surface area contributed by atoms with Crippen LogP contribution in [-0.2, 0) is 14.7 Å². The molecule has 8 rings (SSSR count). The third-order valence-corrected chi connectivity index (χ3v) is 10.1. The Morgan fingerprint density at radius 1 is 0.822 bits per heavy atom. The highest BCUT2D eigenvalue weighted by atomic mass is 16.7. The van der Waals surface area contributed by atoms with Gasteiger partial charge in [0, 0.05) is 27.6 Å². The van der Waals surface area contributed by atoms with Crippen molar-refractivity contribution in [1.82, 2.24) is 9.13 Å². The van der Waals surface area contributed by atoms with E-state index in [-0.39, 0.29) is 5.41 Å². The number of aromatic nitrogens is 2.